The van der Waals surface area contributed by atoms with Gasteiger partial charge in [-0.3, -0.25) is 0 Å². The fourth-order valence-electron chi connectivity index (χ4n) is 1.65. The lowest BCUT2D eigenvalue weighted by Crippen LogP contribution is -2.16. The van der Waals surface area contributed by atoms with E-state index in [1.165, 1.54) is 24.3 Å². The van der Waals surface area contributed by atoms with Gasteiger partial charge in [-0.2, -0.15) is 17.2 Å². The number of benzene rings is 2. The standard InChI is InChI=1S/C13H6ClF5O3S/c14-7-3-1-2-6(4-7)5-23(20,21)22-13-11(18)9(16)8(15)10(17)12(13)19/h1-4H,5H2. The van der Waals surface area contributed by atoms with Gasteiger partial charge < -0.3 is 4.18 Å². The molecule has 0 fully saturated rings. The fourth-order valence-corrected chi connectivity index (χ4v) is 2.91. The van der Waals surface area contributed by atoms with Crippen molar-refractivity contribution < 1.29 is 34.6 Å². The lowest BCUT2D eigenvalue weighted by atomic mass is 10.2. The molecule has 0 aliphatic rings. The van der Waals surface area contributed by atoms with E-state index in [0.29, 0.717) is 0 Å². The van der Waals surface area contributed by atoms with Crippen LogP contribution < -0.4 is 4.18 Å². The predicted octanol–water partition coefficient (Wildman–Crippen LogP) is 3.94. The molecule has 0 bridgehead atoms. The molecule has 10 heteroatoms. The molecule has 2 aromatic carbocycles. The summed E-state index contributed by atoms with van der Waals surface area (Å²) in [6.07, 6.45) is 0. The van der Waals surface area contributed by atoms with Gasteiger partial charge in [0.25, 0.3) is 0 Å². The van der Waals surface area contributed by atoms with Gasteiger partial charge in [-0.25, -0.2) is 13.2 Å². The Bertz CT molecular complexity index is 841. The molecular weight excluding hydrogens is 367 g/mol. The summed E-state index contributed by atoms with van der Waals surface area (Å²) < 4.78 is 93.3. The average molecular weight is 373 g/mol. The van der Waals surface area contributed by atoms with Crippen LogP contribution in [0.2, 0.25) is 5.02 Å². The molecule has 0 saturated heterocycles. The molecule has 2 rings (SSSR count). The van der Waals surface area contributed by atoms with Crippen molar-refractivity contribution >= 4 is 21.7 Å². The maximum atomic E-state index is 13.4. The van der Waals surface area contributed by atoms with Crippen molar-refractivity contribution in [3.05, 3.63) is 63.9 Å². The maximum absolute atomic E-state index is 13.4. The van der Waals surface area contributed by atoms with Gasteiger partial charge in [0, 0.05) is 5.02 Å². The molecule has 0 saturated carbocycles. The maximum Gasteiger partial charge on any atom is 0.313 e. The predicted molar refractivity (Wildman–Crippen MR) is 70.9 cm³/mol. The average Bonchev–Trinajstić information content (AvgIpc) is 2.47. The van der Waals surface area contributed by atoms with Crippen LogP contribution in [0.25, 0.3) is 0 Å². The highest BCUT2D eigenvalue weighted by atomic mass is 35.5. The summed E-state index contributed by atoms with van der Waals surface area (Å²) in [7, 11) is -4.69. The number of hydrogen-bond acceptors (Lipinski definition) is 3. The van der Waals surface area contributed by atoms with E-state index in [9.17, 15) is 30.4 Å². The van der Waals surface area contributed by atoms with Crippen molar-refractivity contribution in [2.75, 3.05) is 0 Å². The Morgan fingerprint density at radius 2 is 1.43 bits per heavy atom. The van der Waals surface area contributed by atoms with Crippen LogP contribution in [0.1, 0.15) is 5.56 Å². The van der Waals surface area contributed by atoms with Crippen LogP contribution in [0.15, 0.2) is 24.3 Å². The highest BCUT2D eigenvalue weighted by molar-refractivity contribution is 7.86. The Morgan fingerprint density at radius 3 is 1.96 bits per heavy atom. The first-order valence-electron chi connectivity index (χ1n) is 5.80. The molecule has 0 N–H and O–H groups in total. The van der Waals surface area contributed by atoms with Crippen molar-refractivity contribution in [2.45, 2.75) is 5.75 Å². The zero-order valence-electron chi connectivity index (χ0n) is 10.9. The summed E-state index contributed by atoms with van der Waals surface area (Å²) in [5, 5.41) is 0.189. The van der Waals surface area contributed by atoms with Crippen molar-refractivity contribution in [1.82, 2.24) is 0 Å². The van der Waals surface area contributed by atoms with Crippen molar-refractivity contribution in [3.63, 3.8) is 0 Å². The van der Waals surface area contributed by atoms with E-state index in [2.05, 4.69) is 4.18 Å². The Balaban J connectivity index is 2.38. The van der Waals surface area contributed by atoms with Crippen LogP contribution >= 0.6 is 11.6 Å². The zero-order valence-corrected chi connectivity index (χ0v) is 12.5. The lowest BCUT2D eigenvalue weighted by Gasteiger charge is -2.10. The van der Waals surface area contributed by atoms with Crippen LogP contribution in [0.5, 0.6) is 5.75 Å². The second kappa shape index (κ2) is 6.32. The summed E-state index contributed by atoms with van der Waals surface area (Å²) in [4.78, 5) is 0. The topological polar surface area (TPSA) is 43.4 Å². The molecule has 0 aliphatic heterocycles. The van der Waals surface area contributed by atoms with E-state index < -0.39 is 50.7 Å². The van der Waals surface area contributed by atoms with Crippen LogP contribution in [-0.2, 0) is 15.9 Å². The minimum Gasteiger partial charge on any atom is -0.376 e. The van der Waals surface area contributed by atoms with E-state index in [-0.39, 0.29) is 10.6 Å². The third-order valence-corrected chi connectivity index (χ3v) is 3.95. The Labute approximate surface area is 132 Å². The molecule has 124 valence electrons. The minimum atomic E-state index is -4.69. The van der Waals surface area contributed by atoms with Crippen LogP contribution in [0.4, 0.5) is 22.0 Å². The van der Waals surface area contributed by atoms with Crippen molar-refractivity contribution in [2.24, 2.45) is 0 Å². The Kier molecular flexibility index (Phi) is 4.81. The molecule has 23 heavy (non-hydrogen) atoms. The molecular formula is C13H6ClF5O3S. The van der Waals surface area contributed by atoms with Crippen LogP contribution in [0, 0.1) is 29.1 Å². The second-order valence-corrected chi connectivity index (χ2v) is 6.32. The molecule has 0 aromatic heterocycles. The largest absolute Gasteiger partial charge is 0.376 e. The highest BCUT2D eigenvalue weighted by Crippen LogP contribution is 2.30. The van der Waals surface area contributed by atoms with Gasteiger partial charge in [0.1, 0.15) is 5.75 Å². The van der Waals surface area contributed by atoms with Crippen molar-refractivity contribution in [1.29, 1.82) is 0 Å². The first-order chi connectivity index (χ1) is 10.6. The first-order valence-corrected chi connectivity index (χ1v) is 7.76. The van der Waals surface area contributed by atoms with Gasteiger partial charge in [-0.1, -0.05) is 23.7 Å². The van der Waals surface area contributed by atoms with Gasteiger partial charge in [0.15, 0.2) is 0 Å². The van der Waals surface area contributed by atoms with Crippen LogP contribution in [0.3, 0.4) is 0 Å². The summed E-state index contributed by atoms with van der Waals surface area (Å²) >= 11 is 5.65. The van der Waals surface area contributed by atoms with Gasteiger partial charge in [0.05, 0.1) is 0 Å². The smallest absolute Gasteiger partial charge is 0.313 e. The lowest BCUT2D eigenvalue weighted by molar-refractivity contribution is 0.346. The van der Waals surface area contributed by atoms with E-state index in [4.69, 9.17) is 11.6 Å². The van der Waals surface area contributed by atoms with E-state index in [1.807, 2.05) is 0 Å². The normalized spacial score (nSPS) is 11.6. The minimum absolute atomic E-state index is 0.0985. The molecule has 0 atom stereocenters. The van der Waals surface area contributed by atoms with E-state index in [1.54, 1.807) is 0 Å². The summed E-state index contributed by atoms with van der Waals surface area (Å²) in [5.74, 6) is -14.6. The SMILES string of the molecule is O=S(=O)(Cc1cccc(Cl)c1)Oc1c(F)c(F)c(F)c(F)c1F. The molecule has 0 spiro atoms. The zero-order chi connectivity index (χ0) is 17.4. The van der Waals surface area contributed by atoms with Gasteiger partial charge in [-0.15, -0.1) is 0 Å². The summed E-state index contributed by atoms with van der Waals surface area (Å²) in [5.41, 5.74) is 0.0985. The molecule has 0 heterocycles. The third-order valence-electron chi connectivity index (χ3n) is 2.61. The Morgan fingerprint density at radius 1 is 0.913 bits per heavy atom. The molecule has 2 aromatic rings. The second-order valence-electron chi connectivity index (χ2n) is 4.31. The Hall–Kier alpha value is -1.87. The van der Waals surface area contributed by atoms with Crippen LogP contribution in [-0.4, -0.2) is 8.42 Å². The molecule has 0 amide bonds. The van der Waals surface area contributed by atoms with Crippen molar-refractivity contribution in [3.8, 4) is 5.75 Å². The fraction of sp³-hybridized carbons (Fsp3) is 0.0769. The quantitative estimate of drug-likeness (QED) is 0.353. The third kappa shape index (κ3) is 3.73. The molecule has 3 nitrogen and oxygen atoms in total. The summed E-state index contributed by atoms with van der Waals surface area (Å²) in [6, 6.07) is 5.42. The van der Waals surface area contributed by atoms with E-state index in [0.717, 1.165) is 0 Å². The van der Waals surface area contributed by atoms with Gasteiger partial charge in [-0.05, 0) is 17.7 Å². The number of rotatable bonds is 4. The molecule has 0 unspecified atom stereocenters. The number of hydrogen-bond donors (Lipinski definition) is 0. The molecule has 0 aliphatic carbocycles. The number of halogens is 6. The van der Waals surface area contributed by atoms with Gasteiger partial charge >= 0.3 is 10.1 Å². The van der Waals surface area contributed by atoms with Gasteiger partial charge in [0.2, 0.25) is 34.8 Å². The highest BCUT2D eigenvalue weighted by Gasteiger charge is 2.30. The van der Waals surface area contributed by atoms with E-state index >= 15 is 0 Å². The first kappa shape index (κ1) is 17.5. The monoisotopic (exact) mass is 372 g/mol. The molecule has 0 radical (unpaired) electrons. The summed E-state index contributed by atoms with van der Waals surface area (Å²) in [6.45, 7) is 0.